The van der Waals surface area contributed by atoms with Crippen molar-refractivity contribution < 1.29 is 4.74 Å². The monoisotopic (exact) mass is 185 g/mol. The van der Waals surface area contributed by atoms with E-state index in [9.17, 15) is 0 Å². The minimum Gasteiger partial charge on any atom is -0.495 e. The predicted molar refractivity (Wildman–Crippen MR) is 46.8 cm³/mol. The van der Waals surface area contributed by atoms with Gasteiger partial charge >= 0.3 is 0 Å². The highest BCUT2D eigenvalue weighted by Crippen LogP contribution is 2.18. The molecule has 0 saturated heterocycles. The number of methoxy groups -OCH3 is 1. The summed E-state index contributed by atoms with van der Waals surface area (Å²) < 4.78 is 4.87. The van der Waals surface area contributed by atoms with Gasteiger partial charge in [-0.1, -0.05) is 11.6 Å². The fraction of sp³-hybridized carbons (Fsp3) is 0.143. The van der Waals surface area contributed by atoms with E-state index in [0.29, 0.717) is 10.8 Å². The molecule has 0 aromatic carbocycles. The van der Waals surface area contributed by atoms with Crippen molar-refractivity contribution in [2.75, 3.05) is 7.11 Å². The van der Waals surface area contributed by atoms with E-state index in [1.54, 1.807) is 6.07 Å². The summed E-state index contributed by atoms with van der Waals surface area (Å²) >= 11 is 5.74. The molecule has 0 aliphatic carbocycles. The van der Waals surface area contributed by atoms with Crippen LogP contribution in [0.5, 0.6) is 5.75 Å². The van der Waals surface area contributed by atoms with E-state index in [2.05, 4.69) is 4.98 Å². The number of nitrogen functional groups attached to an aromatic ring is 1. The smallest absolute Gasteiger partial charge is 0.143 e. The van der Waals surface area contributed by atoms with E-state index < -0.39 is 0 Å². The third kappa shape index (κ3) is 1.65. The lowest BCUT2D eigenvalue weighted by atomic mass is 10.3. The average Bonchev–Trinajstić information content (AvgIpc) is 2.03. The lowest BCUT2D eigenvalue weighted by molar-refractivity contribution is 0.413. The minimum atomic E-state index is -0.150. The molecule has 0 amide bonds. The summed E-state index contributed by atoms with van der Waals surface area (Å²) in [6.07, 6.45) is 1.46. The van der Waals surface area contributed by atoms with Crippen LogP contribution < -0.4 is 10.5 Å². The lowest BCUT2D eigenvalue weighted by Crippen LogP contribution is -2.13. The van der Waals surface area contributed by atoms with Crippen molar-refractivity contribution >= 4 is 17.4 Å². The first-order valence-electron chi connectivity index (χ1n) is 3.19. The van der Waals surface area contributed by atoms with Crippen molar-refractivity contribution in [3.8, 4) is 5.75 Å². The van der Waals surface area contributed by atoms with Crippen molar-refractivity contribution in [3.63, 3.8) is 0 Å². The molecule has 1 aromatic rings. The Morgan fingerprint density at radius 2 is 2.42 bits per heavy atom. The van der Waals surface area contributed by atoms with Gasteiger partial charge in [-0.25, -0.2) is 4.98 Å². The maximum absolute atomic E-state index is 7.09. The molecule has 0 aliphatic rings. The first kappa shape index (κ1) is 8.80. The first-order chi connectivity index (χ1) is 5.65. The van der Waals surface area contributed by atoms with Crippen LogP contribution in [0.1, 0.15) is 5.69 Å². The summed E-state index contributed by atoms with van der Waals surface area (Å²) in [6.45, 7) is 0. The third-order valence-corrected chi connectivity index (χ3v) is 1.60. The molecule has 3 N–H and O–H groups in total. The van der Waals surface area contributed by atoms with E-state index in [-0.39, 0.29) is 11.5 Å². The zero-order valence-corrected chi connectivity index (χ0v) is 7.22. The van der Waals surface area contributed by atoms with Crippen LogP contribution in [-0.2, 0) is 0 Å². The number of nitrogens with two attached hydrogens (primary N) is 1. The third-order valence-electron chi connectivity index (χ3n) is 1.31. The highest BCUT2D eigenvalue weighted by atomic mass is 35.5. The second kappa shape index (κ2) is 3.40. The Labute approximate surface area is 74.8 Å². The van der Waals surface area contributed by atoms with E-state index in [0.717, 1.165) is 0 Å². The second-order valence-corrected chi connectivity index (χ2v) is 2.53. The number of rotatable bonds is 2. The Morgan fingerprint density at radius 3 is 2.83 bits per heavy atom. The predicted octanol–water partition coefficient (Wildman–Crippen LogP) is 1.03. The van der Waals surface area contributed by atoms with Crippen LogP contribution >= 0.6 is 11.6 Å². The average molecular weight is 186 g/mol. The first-order valence-corrected chi connectivity index (χ1v) is 3.57. The molecule has 5 heteroatoms. The number of aromatic nitrogens is 1. The number of halogens is 1. The standard InChI is InChI=1S/C7H8ClN3O/c1-12-4-2-5(8)6(7(9)10)11-3-4/h2-3H,1H3,(H3,9,10). The van der Waals surface area contributed by atoms with Gasteiger partial charge in [-0.15, -0.1) is 0 Å². The molecule has 12 heavy (non-hydrogen) atoms. The number of pyridine rings is 1. The minimum absolute atomic E-state index is 0.150. The molecule has 1 aromatic heterocycles. The topological polar surface area (TPSA) is 72.0 Å². The Balaban J connectivity index is 3.12. The van der Waals surface area contributed by atoms with Crippen LogP contribution in [0.2, 0.25) is 5.02 Å². The van der Waals surface area contributed by atoms with Crippen LogP contribution in [0.4, 0.5) is 0 Å². The van der Waals surface area contributed by atoms with E-state index in [1.807, 2.05) is 0 Å². The van der Waals surface area contributed by atoms with E-state index in [4.69, 9.17) is 27.5 Å². The van der Waals surface area contributed by atoms with Crippen LogP contribution in [0, 0.1) is 5.41 Å². The van der Waals surface area contributed by atoms with Crippen molar-refractivity contribution in [2.45, 2.75) is 0 Å². The van der Waals surface area contributed by atoms with Crippen LogP contribution in [0.3, 0.4) is 0 Å². The second-order valence-electron chi connectivity index (χ2n) is 2.12. The summed E-state index contributed by atoms with van der Waals surface area (Å²) in [6, 6.07) is 1.56. The number of amidine groups is 1. The van der Waals surface area contributed by atoms with Gasteiger partial charge in [0, 0.05) is 6.07 Å². The summed E-state index contributed by atoms with van der Waals surface area (Å²) in [5.74, 6) is 0.396. The molecule has 0 saturated carbocycles. The zero-order chi connectivity index (χ0) is 9.14. The molecule has 0 atom stereocenters. The summed E-state index contributed by atoms with van der Waals surface area (Å²) in [5.41, 5.74) is 5.48. The number of ether oxygens (including phenoxy) is 1. The molecule has 0 bridgehead atoms. The maximum Gasteiger partial charge on any atom is 0.143 e. The van der Waals surface area contributed by atoms with Gasteiger partial charge in [0.1, 0.15) is 17.3 Å². The number of hydrogen-bond donors (Lipinski definition) is 2. The molecule has 0 fully saturated rings. The zero-order valence-electron chi connectivity index (χ0n) is 6.47. The fourth-order valence-corrected chi connectivity index (χ4v) is 0.988. The SMILES string of the molecule is COc1cnc(C(=N)N)c(Cl)c1. The van der Waals surface area contributed by atoms with Gasteiger partial charge in [0.25, 0.3) is 0 Å². The molecule has 0 unspecified atom stereocenters. The Bertz CT molecular complexity index is 314. The maximum atomic E-state index is 7.09. The summed E-state index contributed by atoms with van der Waals surface area (Å²) in [4.78, 5) is 3.84. The van der Waals surface area contributed by atoms with E-state index >= 15 is 0 Å². The van der Waals surface area contributed by atoms with Gasteiger partial charge in [0.2, 0.25) is 0 Å². The number of nitrogens with zero attached hydrogens (tertiary/aromatic N) is 1. The molecule has 0 spiro atoms. The highest BCUT2D eigenvalue weighted by Gasteiger charge is 2.05. The summed E-state index contributed by atoms with van der Waals surface area (Å²) in [5, 5.41) is 7.41. The van der Waals surface area contributed by atoms with Crippen molar-refractivity contribution in [1.29, 1.82) is 5.41 Å². The van der Waals surface area contributed by atoms with Gasteiger partial charge in [-0.05, 0) is 0 Å². The van der Waals surface area contributed by atoms with Crippen LogP contribution in [0.15, 0.2) is 12.3 Å². The highest BCUT2D eigenvalue weighted by molar-refractivity contribution is 6.33. The fourth-order valence-electron chi connectivity index (χ4n) is 0.730. The van der Waals surface area contributed by atoms with Gasteiger partial charge in [-0.3, -0.25) is 5.41 Å². The molecular formula is C7H8ClN3O. The van der Waals surface area contributed by atoms with Gasteiger partial charge in [0.15, 0.2) is 0 Å². The molecule has 0 aliphatic heterocycles. The van der Waals surface area contributed by atoms with Gasteiger partial charge < -0.3 is 10.5 Å². The normalized spacial score (nSPS) is 9.50. The molecule has 64 valence electrons. The number of nitrogens with one attached hydrogen (secondary N) is 1. The van der Waals surface area contributed by atoms with Crippen molar-refractivity contribution in [3.05, 3.63) is 23.0 Å². The lowest BCUT2D eigenvalue weighted by Gasteiger charge is -2.02. The number of hydrogen-bond acceptors (Lipinski definition) is 3. The summed E-state index contributed by atoms with van der Waals surface area (Å²) in [7, 11) is 1.51. The quantitative estimate of drug-likeness (QED) is 0.534. The Kier molecular flexibility index (Phi) is 2.50. The van der Waals surface area contributed by atoms with Gasteiger partial charge in [-0.2, -0.15) is 0 Å². The largest absolute Gasteiger partial charge is 0.495 e. The Morgan fingerprint density at radius 1 is 1.75 bits per heavy atom. The molecule has 1 heterocycles. The molecule has 0 radical (unpaired) electrons. The van der Waals surface area contributed by atoms with Crippen LogP contribution in [0.25, 0.3) is 0 Å². The molecule has 1 rings (SSSR count). The molecule has 4 nitrogen and oxygen atoms in total. The van der Waals surface area contributed by atoms with E-state index in [1.165, 1.54) is 13.3 Å². The van der Waals surface area contributed by atoms with Crippen molar-refractivity contribution in [2.24, 2.45) is 5.73 Å². The van der Waals surface area contributed by atoms with Gasteiger partial charge in [0.05, 0.1) is 18.3 Å². The van der Waals surface area contributed by atoms with Crippen molar-refractivity contribution in [1.82, 2.24) is 4.98 Å². The Hall–Kier alpha value is -1.29. The van der Waals surface area contributed by atoms with Crippen LogP contribution in [-0.4, -0.2) is 17.9 Å². The molecular weight excluding hydrogens is 178 g/mol.